The molecule has 0 heterocycles. The van der Waals surface area contributed by atoms with Gasteiger partial charge in [0.15, 0.2) is 6.29 Å². The van der Waals surface area contributed by atoms with E-state index in [1.807, 2.05) is 30.3 Å². The standard InChI is InChI=1S/C10H13O2.2C4H9.Al/c1-2-6-10(11)12-9-7-4-3-5-8-9;2*1-3-4-2;/h3-5,7-8,10H,2,6H2,1H3;2*1,3-4H2,2H3;/q-1;;;+1. The Morgan fingerprint density at radius 1 is 0.905 bits per heavy atom. The van der Waals surface area contributed by atoms with E-state index in [0.717, 1.165) is 18.6 Å². The molecule has 0 aliphatic heterocycles. The molecule has 0 bridgehead atoms. The third-order valence-electron chi connectivity index (χ3n) is 3.64. The van der Waals surface area contributed by atoms with Gasteiger partial charge in [0.1, 0.15) is 5.75 Å². The van der Waals surface area contributed by atoms with E-state index in [0.29, 0.717) is 0 Å². The van der Waals surface area contributed by atoms with Gasteiger partial charge in [-0.25, -0.2) is 0 Å². The zero-order valence-corrected chi connectivity index (χ0v) is 15.2. The van der Waals surface area contributed by atoms with Gasteiger partial charge in [0.05, 0.1) is 0 Å². The zero-order chi connectivity index (χ0) is 15.3. The summed E-state index contributed by atoms with van der Waals surface area (Å²) in [5.74, 6) is 0.926. The van der Waals surface area contributed by atoms with Crippen molar-refractivity contribution in [3.8, 4) is 5.75 Å². The lowest BCUT2D eigenvalue weighted by Crippen LogP contribution is -2.30. The van der Waals surface area contributed by atoms with Gasteiger partial charge in [-0.15, -0.1) is 0 Å². The molecule has 0 fully saturated rings. The fourth-order valence-electron chi connectivity index (χ4n) is 2.40. The quantitative estimate of drug-likeness (QED) is 0.359. The van der Waals surface area contributed by atoms with Crippen LogP contribution in [0.3, 0.4) is 0 Å². The van der Waals surface area contributed by atoms with Crippen LogP contribution in [0.4, 0.5) is 0 Å². The summed E-state index contributed by atoms with van der Waals surface area (Å²) in [5, 5.41) is 2.57. The summed E-state index contributed by atoms with van der Waals surface area (Å²) < 4.78 is 12.5. The van der Waals surface area contributed by atoms with E-state index in [1.165, 1.54) is 36.2 Å². The molecule has 1 aromatic rings. The zero-order valence-electron chi connectivity index (χ0n) is 14.0. The minimum atomic E-state index is -1.12. The van der Waals surface area contributed by atoms with Crippen LogP contribution in [-0.4, -0.2) is 20.8 Å². The van der Waals surface area contributed by atoms with Crippen molar-refractivity contribution < 1.29 is 8.53 Å². The molecule has 0 aromatic heterocycles. The number of hydrogen-bond donors (Lipinski definition) is 0. The molecule has 0 saturated carbocycles. The Bertz CT molecular complexity index is 334. The molecule has 0 aliphatic carbocycles. The summed E-state index contributed by atoms with van der Waals surface area (Å²) in [7, 11) is 0. The van der Waals surface area contributed by atoms with Crippen molar-refractivity contribution in [3.05, 3.63) is 30.3 Å². The van der Waals surface area contributed by atoms with Crippen molar-refractivity contribution in [2.45, 2.75) is 76.2 Å². The first-order valence-electron chi connectivity index (χ1n) is 8.67. The van der Waals surface area contributed by atoms with Gasteiger partial charge in [0.25, 0.3) is 0 Å². The third-order valence-corrected chi connectivity index (χ3v) is 6.43. The molecule has 118 valence electrons. The van der Waals surface area contributed by atoms with Gasteiger partial charge in [-0.2, -0.15) is 0 Å². The molecule has 0 spiro atoms. The lowest BCUT2D eigenvalue weighted by molar-refractivity contribution is -0.00465. The molecule has 1 aromatic carbocycles. The second-order valence-corrected chi connectivity index (χ2v) is 8.36. The van der Waals surface area contributed by atoms with Crippen molar-refractivity contribution in [1.82, 2.24) is 0 Å². The van der Waals surface area contributed by atoms with Crippen LogP contribution in [0.1, 0.15) is 59.3 Å². The molecule has 2 nitrogen and oxygen atoms in total. The molecule has 3 heteroatoms. The molecule has 0 radical (unpaired) electrons. The minimum absolute atomic E-state index is 0.0530. The molecule has 1 rings (SSSR count). The minimum Gasteiger partial charge on any atom is -0.469 e. The number of unbranched alkanes of at least 4 members (excludes halogenated alkanes) is 2. The highest BCUT2D eigenvalue weighted by Gasteiger charge is 2.24. The van der Waals surface area contributed by atoms with Crippen LogP contribution >= 0.6 is 0 Å². The van der Waals surface area contributed by atoms with Crippen molar-refractivity contribution in [3.63, 3.8) is 0 Å². The average molecular weight is 306 g/mol. The fourth-order valence-corrected chi connectivity index (χ4v) is 5.31. The Kier molecular flexibility index (Phi) is 10.7. The Balaban J connectivity index is 2.55. The van der Waals surface area contributed by atoms with Crippen LogP contribution in [0.5, 0.6) is 5.75 Å². The van der Waals surface area contributed by atoms with E-state index in [9.17, 15) is 0 Å². The molecule has 0 saturated heterocycles. The second-order valence-electron chi connectivity index (χ2n) is 5.69. The van der Waals surface area contributed by atoms with E-state index in [4.69, 9.17) is 8.53 Å². The Morgan fingerprint density at radius 2 is 1.52 bits per heavy atom. The number of rotatable bonds is 12. The van der Waals surface area contributed by atoms with Crippen LogP contribution in [0.2, 0.25) is 10.6 Å². The number of para-hydroxylation sites is 1. The lowest BCUT2D eigenvalue weighted by Gasteiger charge is -2.24. The maximum absolute atomic E-state index is 6.42. The maximum atomic E-state index is 6.42. The molecule has 1 atom stereocenters. The highest BCUT2D eigenvalue weighted by Crippen LogP contribution is 2.19. The molecule has 0 amide bonds. The summed E-state index contributed by atoms with van der Waals surface area (Å²) in [6.07, 6.45) is 7.14. The first-order valence-corrected chi connectivity index (χ1v) is 10.8. The predicted octanol–water partition coefficient (Wildman–Crippen LogP) is 5.80. The fraction of sp³-hybridized carbons (Fsp3) is 0.667. The normalized spacial score (nSPS) is 12.1. The van der Waals surface area contributed by atoms with Crippen LogP contribution in [0, 0.1) is 0 Å². The topological polar surface area (TPSA) is 18.5 Å². The lowest BCUT2D eigenvalue weighted by atomic mass is 10.3. The Labute approximate surface area is 135 Å². The van der Waals surface area contributed by atoms with Crippen LogP contribution in [-0.2, 0) is 3.79 Å². The third kappa shape index (κ3) is 8.51. The first-order chi connectivity index (χ1) is 10.3. The van der Waals surface area contributed by atoms with E-state index < -0.39 is 14.5 Å². The molecular formula is C18H31AlO2. The summed E-state index contributed by atoms with van der Waals surface area (Å²) in [4.78, 5) is 0. The summed E-state index contributed by atoms with van der Waals surface area (Å²) in [6, 6.07) is 10.1. The van der Waals surface area contributed by atoms with Crippen molar-refractivity contribution in [2.75, 3.05) is 0 Å². The predicted molar refractivity (Wildman–Crippen MR) is 92.0 cm³/mol. The van der Waals surface area contributed by atoms with Crippen molar-refractivity contribution >= 4 is 14.5 Å². The van der Waals surface area contributed by atoms with Gasteiger partial charge in [0.2, 0.25) is 0 Å². The van der Waals surface area contributed by atoms with E-state index in [1.54, 1.807) is 0 Å². The largest absolute Gasteiger partial charge is 0.469 e. The number of benzene rings is 1. The van der Waals surface area contributed by atoms with Gasteiger partial charge in [-0.3, -0.25) is 0 Å². The van der Waals surface area contributed by atoms with Gasteiger partial charge >= 0.3 is 14.5 Å². The highest BCUT2D eigenvalue weighted by atomic mass is 27.2. The Morgan fingerprint density at radius 3 is 2.05 bits per heavy atom. The van der Waals surface area contributed by atoms with Crippen molar-refractivity contribution in [1.29, 1.82) is 0 Å². The van der Waals surface area contributed by atoms with Crippen LogP contribution < -0.4 is 4.74 Å². The molecule has 21 heavy (non-hydrogen) atoms. The van der Waals surface area contributed by atoms with E-state index in [-0.39, 0.29) is 6.29 Å². The maximum Gasteiger partial charge on any atom is 0.463 e. The van der Waals surface area contributed by atoms with E-state index in [2.05, 4.69) is 20.8 Å². The smallest absolute Gasteiger partial charge is 0.463 e. The molecule has 1 unspecified atom stereocenters. The first kappa shape index (κ1) is 18.6. The van der Waals surface area contributed by atoms with Crippen molar-refractivity contribution in [2.24, 2.45) is 0 Å². The summed E-state index contributed by atoms with van der Waals surface area (Å²) in [5.41, 5.74) is 0. The SMILES string of the molecule is CCC[CH2][Al]([CH2]CCC)[O]C(CCC)Oc1ccccc1. The van der Waals surface area contributed by atoms with Gasteiger partial charge < -0.3 is 8.53 Å². The molecule has 0 N–H and O–H groups in total. The molecular weight excluding hydrogens is 275 g/mol. The van der Waals surface area contributed by atoms with Gasteiger partial charge in [-0.1, -0.05) is 81.6 Å². The number of ether oxygens (including phenoxy) is 1. The van der Waals surface area contributed by atoms with Gasteiger partial charge in [-0.05, 0) is 12.1 Å². The second kappa shape index (κ2) is 12.1. The van der Waals surface area contributed by atoms with Crippen LogP contribution in [0.25, 0.3) is 0 Å². The van der Waals surface area contributed by atoms with E-state index >= 15 is 0 Å². The average Bonchev–Trinajstić information content (AvgIpc) is 2.51. The number of hydrogen-bond acceptors (Lipinski definition) is 2. The Hall–Kier alpha value is -0.488. The highest BCUT2D eigenvalue weighted by molar-refractivity contribution is 6.51. The molecule has 0 aliphatic rings. The summed E-state index contributed by atoms with van der Waals surface area (Å²) >= 11 is -1.12. The monoisotopic (exact) mass is 306 g/mol. The van der Waals surface area contributed by atoms with Crippen LogP contribution in [0.15, 0.2) is 30.3 Å². The summed E-state index contributed by atoms with van der Waals surface area (Å²) in [6.45, 7) is 6.71. The van der Waals surface area contributed by atoms with Gasteiger partial charge in [0, 0.05) is 6.42 Å².